The van der Waals surface area contributed by atoms with Crippen molar-refractivity contribution < 1.29 is 8.42 Å². The smallest absolute Gasteiger partial charge is 0.216 e. The monoisotopic (exact) mass is 256 g/mol. The third-order valence-corrected chi connectivity index (χ3v) is 3.30. The maximum Gasteiger partial charge on any atom is 0.274 e. The van der Waals surface area contributed by atoms with Crippen LogP contribution >= 0.6 is 0 Å². The molecular weight excluding hydrogens is 236 g/mol. The highest BCUT2D eigenvalue weighted by Gasteiger charge is 2.15. The van der Waals surface area contributed by atoms with Crippen molar-refractivity contribution in [1.29, 1.82) is 0 Å². The minimum atomic E-state index is -3.66. The van der Waals surface area contributed by atoms with Gasteiger partial charge in [-0.15, -0.1) is 0 Å². The van der Waals surface area contributed by atoms with E-state index in [-0.39, 0.29) is 11.5 Å². The summed E-state index contributed by atoms with van der Waals surface area (Å²) in [6.07, 6.45) is 0. The van der Waals surface area contributed by atoms with Gasteiger partial charge in [-0.25, -0.2) is 5.14 Å². The molecule has 0 saturated heterocycles. The second kappa shape index (κ2) is 4.76. The normalized spacial score (nSPS) is 14.6. The summed E-state index contributed by atoms with van der Waals surface area (Å²) in [6.45, 7) is 8.16. The topological polar surface area (TPSA) is 72.2 Å². The number of hydrogen-bond donors (Lipinski definition) is 2. The molecule has 4 nitrogen and oxygen atoms in total. The lowest BCUT2D eigenvalue weighted by molar-refractivity contribution is 0.567. The lowest BCUT2D eigenvalue weighted by Gasteiger charge is -2.20. The zero-order chi connectivity index (χ0) is 13.3. The number of rotatable bonds is 3. The molecule has 1 rings (SSSR count). The SMILES string of the molecule is CC(NS(N)(=O)=O)c1ccc(C(C)(C)C)cc1. The van der Waals surface area contributed by atoms with Gasteiger partial charge in [0, 0.05) is 6.04 Å². The van der Waals surface area contributed by atoms with E-state index in [9.17, 15) is 8.42 Å². The van der Waals surface area contributed by atoms with Crippen LogP contribution in [-0.2, 0) is 15.6 Å². The molecular formula is C12H20N2O2S. The van der Waals surface area contributed by atoms with E-state index >= 15 is 0 Å². The number of nitrogens with one attached hydrogen (secondary N) is 1. The molecule has 1 aromatic carbocycles. The van der Waals surface area contributed by atoms with Crippen molar-refractivity contribution in [2.24, 2.45) is 5.14 Å². The van der Waals surface area contributed by atoms with Crippen molar-refractivity contribution in [2.45, 2.75) is 39.2 Å². The summed E-state index contributed by atoms with van der Waals surface area (Å²) in [6, 6.07) is 7.54. The molecule has 5 heteroatoms. The summed E-state index contributed by atoms with van der Waals surface area (Å²) in [5, 5.41) is 4.93. The molecule has 0 aliphatic heterocycles. The Morgan fingerprint density at radius 2 is 1.65 bits per heavy atom. The van der Waals surface area contributed by atoms with E-state index in [2.05, 4.69) is 25.5 Å². The molecule has 3 N–H and O–H groups in total. The molecule has 0 amide bonds. The molecule has 0 spiro atoms. The van der Waals surface area contributed by atoms with E-state index in [4.69, 9.17) is 5.14 Å². The second-order valence-corrected chi connectivity index (χ2v) is 6.58. The van der Waals surface area contributed by atoms with Crippen LogP contribution in [0.5, 0.6) is 0 Å². The van der Waals surface area contributed by atoms with Gasteiger partial charge in [-0.3, -0.25) is 0 Å². The summed E-state index contributed by atoms with van der Waals surface area (Å²) < 4.78 is 24.2. The van der Waals surface area contributed by atoms with E-state index in [1.54, 1.807) is 6.92 Å². The first kappa shape index (κ1) is 14.2. The minimum Gasteiger partial charge on any atom is -0.216 e. The molecule has 0 radical (unpaired) electrons. The van der Waals surface area contributed by atoms with Gasteiger partial charge in [0.15, 0.2) is 0 Å². The van der Waals surface area contributed by atoms with Crippen molar-refractivity contribution in [3.63, 3.8) is 0 Å². The first-order valence-electron chi connectivity index (χ1n) is 5.50. The highest BCUT2D eigenvalue weighted by atomic mass is 32.2. The molecule has 1 atom stereocenters. The van der Waals surface area contributed by atoms with Crippen LogP contribution in [0, 0.1) is 0 Å². The Labute approximate surface area is 103 Å². The van der Waals surface area contributed by atoms with Gasteiger partial charge < -0.3 is 0 Å². The zero-order valence-electron chi connectivity index (χ0n) is 10.7. The van der Waals surface area contributed by atoms with Crippen molar-refractivity contribution in [2.75, 3.05) is 0 Å². The summed E-state index contributed by atoms with van der Waals surface area (Å²) >= 11 is 0. The minimum absolute atomic E-state index is 0.0924. The molecule has 0 aromatic heterocycles. The van der Waals surface area contributed by atoms with Gasteiger partial charge in [-0.2, -0.15) is 13.1 Å². The zero-order valence-corrected chi connectivity index (χ0v) is 11.5. The van der Waals surface area contributed by atoms with Gasteiger partial charge in [0.05, 0.1) is 0 Å². The van der Waals surface area contributed by atoms with E-state index in [1.165, 1.54) is 5.56 Å². The molecule has 0 aliphatic rings. The van der Waals surface area contributed by atoms with Crippen molar-refractivity contribution >= 4 is 10.2 Å². The fraction of sp³-hybridized carbons (Fsp3) is 0.500. The highest BCUT2D eigenvalue weighted by Crippen LogP contribution is 2.23. The number of hydrogen-bond acceptors (Lipinski definition) is 2. The Morgan fingerprint density at radius 3 is 2.00 bits per heavy atom. The van der Waals surface area contributed by atoms with Crippen LogP contribution in [-0.4, -0.2) is 8.42 Å². The van der Waals surface area contributed by atoms with Crippen molar-refractivity contribution in [3.05, 3.63) is 35.4 Å². The van der Waals surface area contributed by atoms with Crippen LogP contribution in [0.2, 0.25) is 0 Å². The van der Waals surface area contributed by atoms with E-state index in [0.717, 1.165) is 5.56 Å². The lowest BCUT2D eigenvalue weighted by atomic mass is 9.86. The van der Waals surface area contributed by atoms with Crippen molar-refractivity contribution in [3.8, 4) is 0 Å². The Kier molecular flexibility index (Phi) is 3.96. The molecule has 1 aromatic rings. The van der Waals surface area contributed by atoms with Crippen LogP contribution in [0.1, 0.15) is 44.9 Å². The average Bonchev–Trinajstić information content (AvgIpc) is 2.14. The van der Waals surface area contributed by atoms with Gasteiger partial charge in [0.25, 0.3) is 10.2 Å². The summed E-state index contributed by atoms with van der Waals surface area (Å²) in [5.74, 6) is 0. The van der Waals surface area contributed by atoms with E-state index in [1.807, 2.05) is 24.3 Å². The lowest BCUT2D eigenvalue weighted by Crippen LogP contribution is -2.32. The van der Waals surface area contributed by atoms with E-state index < -0.39 is 10.2 Å². The average molecular weight is 256 g/mol. The van der Waals surface area contributed by atoms with Crippen LogP contribution in [0.15, 0.2) is 24.3 Å². The first-order chi connectivity index (χ1) is 7.59. The predicted molar refractivity (Wildman–Crippen MR) is 69.8 cm³/mol. The fourth-order valence-electron chi connectivity index (χ4n) is 1.59. The Hall–Kier alpha value is -0.910. The second-order valence-electron chi connectivity index (χ2n) is 5.26. The van der Waals surface area contributed by atoms with Crippen LogP contribution in [0.25, 0.3) is 0 Å². The van der Waals surface area contributed by atoms with Crippen LogP contribution in [0.4, 0.5) is 0 Å². The quantitative estimate of drug-likeness (QED) is 0.866. The van der Waals surface area contributed by atoms with Gasteiger partial charge in [-0.1, -0.05) is 45.0 Å². The fourth-order valence-corrected chi connectivity index (χ4v) is 2.22. The molecule has 0 fully saturated rings. The van der Waals surface area contributed by atoms with Gasteiger partial charge in [-0.05, 0) is 23.5 Å². The molecule has 1 unspecified atom stereocenters. The summed E-state index contributed by atoms with van der Waals surface area (Å²) in [7, 11) is -3.66. The molecule has 96 valence electrons. The summed E-state index contributed by atoms with van der Waals surface area (Å²) in [5.41, 5.74) is 2.20. The third kappa shape index (κ3) is 4.46. The molecule has 0 saturated carbocycles. The van der Waals surface area contributed by atoms with Crippen LogP contribution < -0.4 is 9.86 Å². The van der Waals surface area contributed by atoms with E-state index in [0.29, 0.717) is 0 Å². The first-order valence-corrected chi connectivity index (χ1v) is 7.05. The van der Waals surface area contributed by atoms with Gasteiger partial charge >= 0.3 is 0 Å². The summed E-state index contributed by atoms with van der Waals surface area (Å²) in [4.78, 5) is 0. The Balaban J connectivity index is 2.88. The molecule has 0 heterocycles. The molecule has 17 heavy (non-hydrogen) atoms. The predicted octanol–water partition coefficient (Wildman–Crippen LogP) is 1.84. The molecule has 0 aliphatic carbocycles. The largest absolute Gasteiger partial charge is 0.274 e. The Bertz CT molecular complexity index is 472. The molecule has 0 bridgehead atoms. The number of nitrogens with two attached hydrogens (primary N) is 1. The Morgan fingerprint density at radius 1 is 1.18 bits per heavy atom. The maximum atomic E-state index is 10.9. The van der Waals surface area contributed by atoms with Crippen LogP contribution in [0.3, 0.4) is 0 Å². The highest BCUT2D eigenvalue weighted by molar-refractivity contribution is 7.87. The number of benzene rings is 1. The van der Waals surface area contributed by atoms with Gasteiger partial charge in [0.1, 0.15) is 0 Å². The van der Waals surface area contributed by atoms with Gasteiger partial charge in [0.2, 0.25) is 0 Å². The standard InChI is InChI=1S/C12H20N2O2S/c1-9(14-17(13,15)16)10-5-7-11(8-6-10)12(2,3)4/h5-9,14H,1-4H3,(H2,13,15,16). The maximum absolute atomic E-state index is 10.9. The van der Waals surface area contributed by atoms with Crippen molar-refractivity contribution in [1.82, 2.24) is 4.72 Å². The third-order valence-electron chi connectivity index (χ3n) is 2.62.